The van der Waals surface area contributed by atoms with Crippen molar-refractivity contribution >= 4 is 21.8 Å². The van der Waals surface area contributed by atoms with E-state index in [-0.39, 0.29) is 11.8 Å². The van der Waals surface area contributed by atoms with Gasteiger partial charge < -0.3 is 14.4 Å². The van der Waals surface area contributed by atoms with Crippen LogP contribution in [0.15, 0.2) is 48.5 Å². The fourth-order valence-corrected chi connectivity index (χ4v) is 2.94. The summed E-state index contributed by atoms with van der Waals surface area (Å²) in [4.78, 5) is 14.4. The third kappa shape index (κ3) is 6.93. The number of amides is 2. The zero-order valence-electron chi connectivity index (χ0n) is 15.9. The summed E-state index contributed by atoms with van der Waals surface area (Å²) in [5.74, 6) is 0.230. The minimum atomic E-state index is -3.57. The van der Waals surface area contributed by atoms with Gasteiger partial charge in [-0.25, -0.2) is 4.79 Å². The van der Waals surface area contributed by atoms with Crippen LogP contribution in [0.1, 0.15) is 30.9 Å². The van der Waals surface area contributed by atoms with Crippen LogP contribution in [0.3, 0.4) is 0 Å². The van der Waals surface area contributed by atoms with Crippen LogP contribution in [0.25, 0.3) is 0 Å². The van der Waals surface area contributed by atoms with Crippen LogP contribution in [-0.4, -0.2) is 32.1 Å². The molecule has 0 aliphatic carbocycles. The topological polar surface area (TPSA) is 99.5 Å². The van der Waals surface area contributed by atoms with Crippen LogP contribution in [-0.2, 0) is 16.7 Å². The van der Waals surface area contributed by atoms with Crippen molar-refractivity contribution in [3.05, 3.63) is 59.7 Å². The van der Waals surface area contributed by atoms with Crippen molar-refractivity contribution in [3.63, 3.8) is 0 Å². The van der Waals surface area contributed by atoms with E-state index < -0.39 is 10.1 Å². The Hall–Kier alpha value is -3.05. The van der Waals surface area contributed by atoms with Gasteiger partial charge in [0.25, 0.3) is 0 Å². The highest BCUT2D eigenvalue weighted by atomic mass is 32.2. The molecular weight excluding hydrogens is 378 g/mol. The first-order chi connectivity index (χ1) is 13.3. The molecule has 0 bridgehead atoms. The van der Waals surface area contributed by atoms with Gasteiger partial charge in [0.15, 0.2) is 0 Å². The molecule has 148 valence electrons. The van der Waals surface area contributed by atoms with Crippen molar-refractivity contribution in [1.82, 2.24) is 4.90 Å². The zero-order chi connectivity index (χ0) is 20.6. The Kier molecular flexibility index (Phi) is 7.41. The van der Waals surface area contributed by atoms with E-state index in [1.807, 2.05) is 13.0 Å². The van der Waals surface area contributed by atoms with E-state index >= 15 is 0 Å². The average Bonchev–Trinajstić information content (AvgIpc) is 2.65. The number of nitrogens with one attached hydrogen (secondary N) is 1. The summed E-state index contributed by atoms with van der Waals surface area (Å²) in [6.45, 7) is 3.01. The van der Waals surface area contributed by atoms with E-state index in [4.69, 9.17) is 9.44 Å². The highest BCUT2D eigenvalue weighted by Crippen LogP contribution is 2.17. The maximum atomic E-state index is 12.7. The van der Waals surface area contributed by atoms with E-state index in [2.05, 4.69) is 5.32 Å². The summed E-state index contributed by atoms with van der Waals surface area (Å²) >= 11 is 0. The molecule has 0 fully saturated rings. The lowest BCUT2D eigenvalue weighted by molar-refractivity contribution is 0.208. The molecule has 0 aliphatic rings. The minimum absolute atomic E-state index is 0.230. The van der Waals surface area contributed by atoms with Gasteiger partial charge in [-0.1, -0.05) is 25.5 Å². The molecule has 8 heteroatoms. The van der Waals surface area contributed by atoms with Crippen molar-refractivity contribution in [1.29, 1.82) is 5.26 Å². The monoisotopic (exact) mass is 401 g/mol. The lowest BCUT2D eigenvalue weighted by Gasteiger charge is -2.23. The molecule has 0 saturated heterocycles. The van der Waals surface area contributed by atoms with Crippen molar-refractivity contribution in [2.24, 2.45) is 0 Å². The minimum Gasteiger partial charge on any atom is -0.383 e. The van der Waals surface area contributed by atoms with Crippen LogP contribution < -0.4 is 9.50 Å². The molecule has 0 radical (unpaired) electrons. The average molecular weight is 401 g/mol. The molecule has 0 unspecified atom stereocenters. The van der Waals surface area contributed by atoms with E-state index in [1.54, 1.807) is 53.4 Å². The molecule has 0 aliphatic heterocycles. The molecule has 2 amide bonds. The Bertz CT molecular complexity index is 933. The highest BCUT2D eigenvalue weighted by Gasteiger charge is 2.14. The van der Waals surface area contributed by atoms with Gasteiger partial charge in [0.05, 0.1) is 17.9 Å². The fourth-order valence-electron chi connectivity index (χ4n) is 2.48. The SMILES string of the molecule is CCCCN(Cc1ccc(OS(C)(=O)=O)cc1)C(=O)Nc1ccc(C#N)cc1. The standard InChI is InChI=1S/C20H23N3O4S/c1-3-4-13-23(20(24)22-18-9-5-16(14-21)6-10-18)15-17-7-11-19(12-8-17)27-28(2,25)26/h5-12H,3-4,13,15H2,1-2H3,(H,22,24). The molecule has 2 rings (SSSR count). The molecule has 28 heavy (non-hydrogen) atoms. The van der Waals surface area contributed by atoms with Crippen LogP contribution in [0.5, 0.6) is 5.75 Å². The number of carbonyl (C=O) groups excluding carboxylic acids is 1. The van der Waals surface area contributed by atoms with Crippen LogP contribution in [0, 0.1) is 11.3 Å². The molecule has 1 N–H and O–H groups in total. The van der Waals surface area contributed by atoms with Gasteiger partial charge in [-0.2, -0.15) is 13.7 Å². The van der Waals surface area contributed by atoms with Gasteiger partial charge in [-0.3, -0.25) is 0 Å². The lowest BCUT2D eigenvalue weighted by Crippen LogP contribution is -2.35. The largest absolute Gasteiger partial charge is 0.383 e. The molecule has 2 aromatic carbocycles. The molecule has 0 aromatic heterocycles. The first-order valence-electron chi connectivity index (χ1n) is 8.85. The summed E-state index contributed by atoms with van der Waals surface area (Å²) < 4.78 is 27.2. The second-order valence-electron chi connectivity index (χ2n) is 6.33. The van der Waals surface area contributed by atoms with Crippen LogP contribution in [0.4, 0.5) is 10.5 Å². The van der Waals surface area contributed by atoms with Gasteiger partial charge in [-0.15, -0.1) is 0 Å². The predicted molar refractivity (Wildman–Crippen MR) is 107 cm³/mol. The van der Waals surface area contributed by atoms with Crippen LogP contribution >= 0.6 is 0 Å². The summed E-state index contributed by atoms with van der Waals surface area (Å²) in [5.41, 5.74) is 1.99. The second-order valence-corrected chi connectivity index (χ2v) is 7.90. The third-order valence-electron chi connectivity index (χ3n) is 3.88. The van der Waals surface area contributed by atoms with Gasteiger partial charge in [0, 0.05) is 18.8 Å². The van der Waals surface area contributed by atoms with Gasteiger partial charge in [0.2, 0.25) is 0 Å². The molecular formula is C20H23N3O4S. The molecule has 0 heterocycles. The summed E-state index contributed by atoms with van der Waals surface area (Å²) in [6.07, 6.45) is 2.79. The quantitative estimate of drug-likeness (QED) is 0.680. The number of hydrogen-bond acceptors (Lipinski definition) is 5. The summed E-state index contributed by atoms with van der Waals surface area (Å²) in [5, 5.41) is 11.7. The lowest BCUT2D eigenvalue weighted by atomic mass is 10.2. The Morgan fingerprint density at radius 2 is 1.79 bits per heavy atom. The third-order valence-corrected chi connectivity index (χ3v) is 4.37. The first-order valence-corrected chi connectivity index (χ1v) is 10.7. The number of anilines is 1. The number of urea groups is 1. The van der Waals surface area contributed by atoms with Crippen molar-refractivity contribution < 1.29 is 17.4 Å². The molecule has 2 aromatic rings. The van der Waals surface area contributed by atoms with E-state index in [0.717, 1.165) is 24.7 Å². The van der Waals surface area contributed by atoms with Crippen molar-refractivity contribution in [2.45, 2.75) is 26.3 Å². The van der Waals surface area contributed by atoms with E-state index in [1.165, 1.54) is 0 Å². The second kappa shape index (κ2) is 9.76. The number of hydrogen-bond donors (Lipinski definition) is 1. The Balaban J connectivity index is 2.07. The predicted octanol–water partition coefficient (Wildman–Crippen LogP) is 3.73. The number of unbranched alkanes of at least 4 members (excludes halogenated alkanes) is 1. The van der Waals surface area contributed by atoms with Crippen LogP contribution in [0.2, 0.25) is 0 Å². The maximum absolute atomic E-state index is 12.7. The number of carbonyl (C=O) groups is 1. The molecule has 7 nitrogen and oxygen atoms in total. The van der Waals surface area contributed by atoms with Gasteiger partial charge in [0.1, 0.15) is 5.75 Å². The Morgan fingerprint density at radius 3 is 2.32 bits per heavy atom. The number of benzene rings is 2. The molecule has 0 spiro atoms. The van der Waals surface area contributed by atoms with E-state index in [9.17, 15) is 13.2 Å². The number of rotatable bonds is 8. The van der Waals surface area contributed by atoms with Gasteiger partial charge in [-0.05, 0) is 48.4 Å². The molecule has 0 saturated carbocycles. The normalized spacial score (nSPS) is 10.8. The highest BCUT2D eigenvalue weighted by molar-refractivity contribution is 7.86. The Labute approximate surface area is 165 Å². The first kappa shape index (κ1) is 21.3. The number of nitrogens with zero attached hydrogens (tertiary/aromatic N) is 2. The van der Waals surface area contributed by atoms with E-state index in [0.29, 0.717) is 24.3 Å². The fraction of sp³-hybridized carbons (Fsp3) is 0.300. The zero-order valence-corrected chi connectivity index (χ0v) is 16.7. The summed E-state index contributed by atoms with van der Waals surface area (Å²) in [6, 6.07) is 15.0. The van der Waals surface area contributed by atoms with Crippen molar-refractivity contribution in [3.8, 4) is 11.8 Å². The molecule has 0 atom stereocenters. The maximum Gasteiger partial charge on any atom is 0.322 e. The summed E-state index contributed by atoms with van der Waals surface area (Å²) in [7, 11) is -3.57. The van der Waals surface area contributed by atoms with Gasteiger partial charge >= 0.3 is 16.1 Å². The smallest absolute Gasteiger partial charge is 0.322 e. The number of nitriles is 1. The Morgan fingerprint density at radius 1 is 1.14 bits per heavy atom. The van der Waals surface area contributed by atoms with Crippen molar-refractivity contribution in [2.75, 3.05) is 18.1 Å².